The Morgan fingerprint density at radius 2 is 1.83 bits per heavy atom. The summed E-state index contributed by atoms with van der Waals surface area (Å²) in [7, 11) is 0. The molecular weight excluding hydrogens is 427 g/mol. The maximum Gasteiger partial charge on any atom is 0.339 e. The lowest BCUT2D eigenvalue weighted by atomic mass is 10.0. The Morgan fingerprint density at radius 1 is 1.07 bits per heavy atom. The van der Waals surface area contributed by atoms with E-state index in [2.05, 4.69) is 0 Å². The second kappa shape index (κ2) is 9.54. The molecule has 1 heterocycles. The second-order valence-electron chi connectivity index (χ2n) is 6.90. The first kappa shape index (κ1) is 22.2. The topological polar surface area (TPSA) is 65.7 Å². The highest BCUT2D eigenvalue weighted by Gasteiger charge is 2.16. The maximum atomic E-state index is 12.5. The minimum Gasteiger partial charge on any atom is -0.488 e. The summed E-state index contributed by atoms with van der Waals surface area (Å²) < 4.78 is 16.5. The van der Waals surface area contributed by atoms with E-state index in [9.17, 15) is 9.59 Å². The van der Waals surface area contributed by atoms with E-state index in [1.54, 1.807) is 19.1 Å². The van der Waals surface area contributed by atoms with E-state index in [1.165, 1.54) is 0 Å². The van der Waals surface area contributed by atoms with Crippen LogP contribution in [-0.2, 0) is 22.6 Å². The fourth-order valence-corrected chi connectivity index (χ4v) is 3.59. The minimum atomic E-state index is -0.450. The summed E-state index contributed by atoms with van der Waals surface area (Å²) >= 11 is 12.0. The Hall–Kier alpha value is -2.50. The molecule has 0 saturated heterocycles. The van der Waals surface area contributed by atoms with Gasteiger partial charge in [-0.15, -0.1) is 0 Å². The van der Waals surface area contributed by atoms with E-state index in [4.69, 9.17) is 37.1 Å². The van der Waals surface area contributed by atoms with Crippen LogP contribution in [0.1, 0.15) is 35.6 Å². The molecule has 0 aliphatic heterocycles. The summed E-state index contributed by atoms with van der Waals surface area (Å²) in [5.41, 5.74) is 2.91. The first-order chi connectivity index (χ1) is 14.3. The summed E-state index contributed by atoms with van der Waals surface area (Å²) in [6, 6.07) is 9.01. The van der Waals surface area contributed by atoms with Gasteiger partial charge in [0.05, 0.1) is 16.7 Å². The number of hydrogen-bond donors (Lipinski definition) is 0. The van der Waals surface area contributed by atoms with Crippen LogP contribution in [0.5, 0.6) is 5.75 Å². The molecule has 3 rings (SSSR count). The van der Waals surface area contributed by atoms with Gasteiger partial charge in [-0.1, -0.05) is 29.3 Å². The van der Waals surface area contributed by atoms with Crippen molar-refractivity contribution >= 4 is 40.1 Å². The van der Waals surface area contributed by atoms with Crippen LogP contribution in [0.15, 0.2) is 39.5 Å². The molecule has 0 aliphatic rings. The van der Waals surface area contributed by atoms with Gasteiger partial charge in [0, 0.05) is 22.9 Å². The summed E-state index contributed by atoms with van der Waals surface area (Å²) in [4.78, 5) is 24.2. The number of ether oxygens (including phenoxy) is 2. The Bertz CT molecular complexity index is 1150. The summed E-state index contributed by atoms with van der Waals surface area (Å²) in [6.45, 7) is 6.05. The monoisotopic (exact) mass is 448 g/mol. The van der Waals surface area contributed by atoms with Gasteiger partial charge in [0.1, 0.15) is 17.9 Å². The molecule has 7 heteroatoms. The Labute approximate surface area is 184 Å². The lowest BCUT2D eigenvalue weighted by Crippen LogP contribution is -2.14. The van der Waals surface area contributed by atoms with Gasteiger partial charge in [0.15, 0.2) is 0 Å². The van der Waals surface area contributed by atoms with E-state index < -0.39 is 5.63 Å². The van der Waals surface area contributed by atoms with E-state index in [0.29, 0.717) is 40.2 Å². The number of esters is 1. The number of carbonyl (C=O) groups excluding carboxylic acids is 1. The minimum absolute atomic E-state index is 0.134. The van der Waals surface area contributed by atoms with Gasteiger partial charge in [-0.25, -0.2) is 4.79 Å². The Balaban J connectivity index is 1.86. The van der Waals surface area contributed by atoms with Gasteiger partial charge >= 0.3 is 11.6 Å². The molecule has 0 bridgehead atoms. The third kappa shape index (κ3) is 4.79. The average Bonchev–Trinajstić information content (AvgIpc) is 2.70. The van der Waals surface area contributed by atoms with Crippen LogP contribution >= 0.6 is 23.2 Å². The SMILES string of the molecule is CCOC(=O)CCc1c(C)c2ccc(OCc3ccc(Cl)c(Cl)c3)c(C)c2oc1=O. The van der Waals surface area contributed by atoms with Crippen molar-refractivity contribution in [1.82, 2.24) is 0 Å². The summed E-state index contributed by atoms with van der Waals surface area (Å²) in [6.07, 6.45) is 0.409. The highest BCUT2D eigenvalue weighted by atomic mass is 35.5. The third-order valence-corrected chi connectivity index (χ3v) is 5.66. The first-order valence-electron chi connectivity index (χ1n) is 9.60. The number of aryl methyl sites for hydroxylation is 2. The van der Waals surface area contributed by atoms with Gasteiger partial charge in [-0.05, 0) is 62.6 Å². The zero-order valence-corrected chi connectivity index (χ0v) is 18.5. The predicted octanol–water partition coefficient (Wildman–Crippen LogP) is 5.79. The van der Waals surface area contributed by atoms with Crippen molar-refractivity contribution in [3.8, 4) is 5.75 Å². The van der Waals surface area contributed by atoms with Crippen LogP contribution in [0.4, 0.5) is 0 Å². The van der Waals surface area contributed by atoms with E-state index >= 15 is 0 Å². The maximum absolute atomic E-state index is 12.5. The van der Waals surface area contributed by atoms with Gasteiger partial charge in [-0.3, -0.25) is 4.79 Å². The van der Waals surface area contributed by atoms with E-state index in [0.717, 1.165) is 22.1 Å². The smallest absolute Gasteiger partial charge is 0.339 e. The first-order valence-corrected chi connectivity index (χ1v) is 10.4. The molecule has 5 nitrogen and oxygen atoms in total. The zero-order chi connectivity index (χ0) is 21.8. The van der Waals surface area contributed by atoms with Crippen LogP contribution in [0, 0.1) is 13.8 Å². The zero-order valence-electron chi connectivity index (χ0n) is 17.0. The number of fused-ring (bicyclic) bond motifs is 1. The normalized spacial score (nSPS) is 11.0. The Morgan fingerprint density at radius 3 is 2.53 bits per heavy atom. The number of rotatable bonds is 7. The lowest BCUT2D eigenvalue weighted by molar-refractivity contribution is -0.143. The van der Waals surface area contributed by atoms with Crippen LogP contribution in [0.2, 0.25) is 10.0 Å². The van der Waals surface area contributed by atoms with Crippen LogP contribution in [0.3, 0.4) is 0 Å². The van der Waals surface area contributed by atoms with Gasteiger partial charge in [0.25, 0.3) is 0 Å². The fourth-order valence-electron chi connectivity index (χ4n) is 3.27. The van der Waals surface area contributed by atoms with Crippen molar-refractivity contribution in [3.05, 3.63) is 73.1 Å². The largest absolute Gasteiger partial charge is 0.488 e. The van der Waals surface area contributed by atoms with Crippen LogP contribution in [-0.4, -0.2) is 12.6 Å². The van der Waals surface area contributed by atoms with Gasteiger partial charge in [0.2, 0.25) is 0 Å². The summed E-state index contributed by atoms with van der Waals surface area (Å²) in [5.74, 6) is 0.272. The molecule has 2 aromatic carbocycles. The molecule has 1 aromatic heterocycles. The van der Waals surface area contributed by atoms with Crippen LogP contribution in [0.25, 0.3) is 11.0 Å². The van der Waals surface area contributed by atoms with Crippen LogP contribution < -0.4 is 10.4 Å². The number of benzene rings is 2. The van der Waals surface area contributed by atoms with Gasteiger partial charge in [-0.2, -0.15) is 0 Å². The third-order valence-electron chi connectivity index (χ3n) is 4.92. The quantitative estimate of drug-likeness (QED) is 0.337. The molecule has 0 radical (unpaired) electrons. The molecule has 0 atom stereocenters. The van der Waals surface area contributed by atoms with E-state index in [1.807, 2.05) is 32.0 Å². The molecule has 3 aromatic rings. The number of halogens is 2. The molecule has 30 heavy (non-hydrogen) atoms. The lowest BCUT2D eigenvalue weighted by Gasteiger charge is -2.13. The molecule has 158 valence electrons. The molecule has 0 fully saturated rings. The number of carbonyl (C=O) groups is 1. The predicted molar refractivity (Wildman–Crippen MR) is 118 cm³/mol. The molecule has 0 unspecified atom stereocenters. The Kier molecular flexibility index (Phi) is 7.06. The average molecular weight is 449 g/mol. The molecule has 0 N–H and O–H groups in total. The standard InChI is InChI=1S/C23H22Cl2O5/c1-4-28-21(26)10-7-17-13(2)16-6-9-20(14(3)22(16)30-23(17)27)29-12-15-5-8-18(24)19(25)11-15/h5-6,8-9,11H,4,7,10,12H2,1-3H3. The fraction of sp³-hybridized carbons (Fsp3) is 0.304. The molecule has 0 amide bonds. The molecule has 0 aliphatic carbocycles. The van der Waals surface area contributed by atoms with Crippen molar-refractivity contribution in [3.63, 3.8) is 0 Å². The highest BCUT2D eigenvalue weighted by molar-refractivity contribution is 6.42. The molecular formula is C23H22Cl2O5. The van der Waals surface area contributed by atoms with Gasteiger partial charge < -0.3 is 13.9 Å². The molecule has 0 saturated carbocycles. The van der Waals surface area contributed by atoms with Crippen molar-refractivity contribution in [2.75, 3.05) is 6.61 Å². The second-order valence-corrected chi connectivity index (χ2v) is 7.72. The van der Waals surface area contributed by atoms with Crippen molar-refractivity contribution in [1.29, 1.82) is 0 Å². The summed E-state index contributed by atoms with van der Waals surface area (Å²) in [5, 5.41) is 1.76. The molecule has 0 spiro atoms. The van der Waals surface area contributed by atoms with Crippen molar-refractivity contribution in [2.24, 2.45) is 0 Å². The highest BCUT2D eigenvalue weighted by Crippen LogP contribution is 2.31. The van der Waals surface area contributed by atoms with Crippen molar-refractivity contribution in [2.45, 2.75) is 40.2 Å². The number of hydrogen-bond acceptors (Lipinski definition) is 5. The van der Waals surface area contributed by atoms with E-state index in [-0.39, 0.29) is 18.8 Å². The van der Waals surface area contributed by atoms with Crippen molar-refractivity contribution < 1.29 is 18.7 Å².